The van der Waals surface area contributed by atoms with Crippen molar-refractivity contribution in [2.24, 2.45) is 0 Å². The highest BCUT2D eigenvalue weighted by Crippen LogP contribution is 2.17. The van der Waals surface area contributed by atoms with Crippen LogP contribution in [0.4, 0.5) is 0 Å². The summed E-state index contributed by atoms with van der Waals surface area (Å²) in [5.74, 6) is 0.248. The van der Waals surface area contributed by atoms with E-state index in [2.05, 4.69) is 38.2 Å². The summed E-state index contributed by atoms with van der Waals surface area (Å²) in [5, 5.41) is 0. The van der Waals surface area contributed by atoms with Crippen LogP contribution in [0.15, 0.2) is 30.3 Å². The van der Waals surface area contributed by atoms with Crippen molar-refractivity contribution >= 4 is 14.0 Å². The zero-order chi connectivity index (χ0) is 13.1. The molecule has 1 aromatic rings. The lowest BCUT2D eigenvalue weighted by Gasteiger charge is -2.36. The van der Waals surface area contributed by atoms with Gasteiger partial charge in [-0.15, -0.1) is 0 Å². The van der Waals surface area contributed by atoms with Gasteiger partial charge in [-0.2, -0.15) is 0 Å². The lowest BCUT2D eigenvalue weighted by molar-refractivity contribution is 0.0900. The fraction of sp³-hybridized carbons (Fsp3) is 0.500. The van der Waals surface area contributed by atoms with Crippen LogP contribution >= 0.6 is 0 Å². The number of carbonyl (C=O) groups excluding carboxylic acids is 1. The van der Waals surface area contributed by atoms with E-state index in [1.165, 1.54) is 0 Å². The molecule has 1 atom stereocenters. The molecule has 1 unspecified atom stereocenters. The van der Waals surface area contributed by atoms with Crippen LogP contribution < -0.4 is 0 Å². The van der Waals surface area contributed by atoms with Gasteiger partial charge in [0.15, 0.2) is 5.78 Å². The van der Waals surface area contributed by atoms with Gasteiger partial charge < -0.3 is 4.57 Å². The smallest absolute Gasteiger partial charge is 0.179 e. The Bertz CT molecular complexity index is 370. The van der Waals surface area contributed by atoms with Gasteiger partial charge in [0.25, 0.3) is 0 Å². The van der Waals surface area contributed by atoms with Crippen LogP contribution in [0.2, 0.25) is 19.6 Å². The van der Waals surface area contributed by atoms with E-state index in [4.69, 9.17) is 0 Å². The number of likely N-dealkylation sites (N-methyl/N-ethyl adjacent to an activating group) is 1. The third-order valence-electron chi connectivity index (χ3n) is 3.27. The largest absolute Gasteiger partial charge is 0.317 e. The Kier molecular flexibility index (Phi) is 4.66. The molecule has 0 heterocycles. The lowest BCUT2D eigenvalue weighted by atomic mass is 10.0. The third-order valence-corrected chi connectivity index (χ3v) is 5.70. The average molecular weight is 249 g/mol. The zero-order valence-electron chi connectivity index (χ0n) is 11.5. The van der Waals surface area contributed by atoms with E-state index in [0.29, 0.717) is 0 Å². The van der Waals surface area contributed by atoms with Crippen molar-refractivity contribution in [2.75, 3.05) is 7.05 Å². The predicted molar refractivity (Wildman–Crippen MR) is 76.0 cm³/mol. The van der Waals surface area contributed by atoms with Gasteiger partial charge >= 0.3 is 0 Å². The van der Waals surface area contributed by atoms with E-state index < -0.39 is 8.24 Å². The summed E-state index contributed by atoms with van der Waals surface area (Å²) in [6.45, 7) is 8.90. The molecule has 0 N–H and O–H groups in total. The zero-order valence-corrected chi connectivity index (χ0v) is 12.5. The van der Waals surface area contributed by atoms with Gasteiger partial charge in [-0.1, -0.05) is 56.9 Å². The minimum atomic E-state index is -1.43. The molecule has 0 radical (unpaired) electrons. The van der Waals surface area contributed by atoms with Gasteiger partial charge in [0.2, 0.25) is 0 Å². The molecule has 0 aromatic heterocycles. The molecule has 1 rings (SSSR count). The maximum absolute atomic E-state index is 12.4. The summed E-state index contributed by atoms with van der Waals surface area (Å²) in [7, 11) is 0.657. The molecule has 0 aliphatic carbocycles. The highest BCUT2D eigenvalue weighted by Gasteiger charge is 2.30. The molecule has 0 saturated carbocycles. The Morgan fingerprint density at radius 1 is 1.24 bits per heavy atom. The molecule has 3 heteroatoms. The lowest BCUT2D eigenvalue weighted by Crippen LogP contribution is -2.52. The molecule has 0 aliphatic rings. The van der Waals surface area contributed by atoms with E-state index in [1.807, 2.05) is 30.3 Å². The van der Waals surface area contributed by atoms with Crippen LogP contribution in [0.3, 0.4) is 0 Å². The maximum atomic E-state index is 12.4. The number of carbonyl (C=O) groups is 1. The first-order chi connectivity index (χ1) is 7.88. The number of nitrogens with zero attached hydrogens (tertiary/aromatic N) is 1. The monoisotopic (exact) mass is 249 g/mol. The van der Waals surface area contributed by atoms with Gasteiger partial charge in [-0.25, -0.2) is 0 Å². The van der Waals surface area contributed by atoms with Crippen LogP contribution in [-0.2, 0) is 0 Å². The van der Waals surface area contributed by atoms with Crippen molar-refractivity contribution in [3.05, 3.63) is 35.9 Å². The van der Waals surface area contributed by atoms with Gasteiger partial charge in [-0.05, 0) is 13.5 Å². The first kappa shape index (κ1) is 14.1. The molecule has 2 nitrogen and oxygen atoms in total. The molecule has 1 aromatic carbocycles. The summed E-state index contributed by atoms with van der Waals surface area (Å²) in [6.07, 6.45) is 0.870. The van der Waals surface area contributed by atoms with Crippen molar-refractivity contribution in [3.63, 3.8) is 0 Å². The Hall–Kier alpha value is -0.933. The summed E-state index contributed by atoms with van der Waals surface area (Å²) in [4.78, 5) is 12.4. The van der Waals surface area contributed by atoms with E-state index in [-0.39, 0.29) is 11.8 Å². The predicted octanol–water partition coefficient (Wildman–Crippen LogP) is 3.41. The third kappa shape index (κ3) is 3.51. The summed E-state index contributed by atoms with van der Waals surface area (Å²) in [5.41, 5.74) is 0.824. The topological polar surface area (TPSA) is 20.3 Å². The fourth-order valence-corrected chi connectivity index (χ4v) is 3.13. The summed E-state index contributed by atoms with van der Waals surface area (Å²) >= 11 is 0. The van der Waals surface area contributed by atoms with Crippen LogP contribution in [0.25, 0.3) is 0 Å². The number of Topliss-reactive ketones (excluding diaryl/α,β-unsaturated/α-hetero) is 1. The Morgan fingerprint density at radius 2 is 1.76 bits per heavy atom. The molecular weight excluding hydrogens is 226 g/mol. The fourth-order valence-electron chi connectivity index (χ4n) is 1.90. The number of hydrogen-bond acceptors (Lipinski definition) is 2. The second-order valence-corrected chi connectivity index (χ2v) is 10.5. The SMILES string of the molecule is CCC(C(=O)c1ccccc1)N(C)[Si](C)(C)C. The first-order valence-electron chi connectivity index (χ1n) is 6.20. The highest BCUT2D eigenvalue weighted by atomic mass is 28.3. The minimum Gasteiger partial charge on any atom is -0.317 e. The van der Waals surface area contributed by atoms with Crippen molar-refractivity contribution in [1.29, 1.82) is 0 Å². The molecule has 0 bridgehead atoms. The van der Waals surface area contributed by atoms with Crippen LogP contribution in [0, 0.1) is 0 Å². The van der Waals surface area contributed by atoms with E-state index in [0.717, 1.165) is 12.0 Å². The maximum Gasteiger partial charge on any atom is 0.179 e. The van der Waals surface area contributed by atoms with Crippen LogP contribution in [0.1, 0.15) is 23.7 Å². The average Bonchev–Trinajstić information content (AvgIpc) is 2.29. The molecule has 0 amide bonds. The first-order valence-corrected chi connectivity index (χ1v) is 9.65. The van der Waals surface area contributed by atoms with Crippen LogP contribution in [-0.4, -0.2) is 31.7 Å². The van der Waals surface area contributed by atoms with Crippen LogP contribution in [0.5, 0.6) is 0 Å². The van der Waals surface area contributed by atoms with Gasteiger partial charge in [-0.3, -0.25) is 4.79 Å². The van der Waals surface area contributed by atoms with Crippen molar-refractivity contribution in [2.45, 2.75) is 39.0 Å². The Morgan fingerprint density at radius 3 is 2.18 bits per heavy atom. The summed E-state index contributed by atoms with van der Waals surface area (Å²) < 4.78 is 2.29. The molecular formula is C14H23NOSi. The van der Waals surface area contributed by atoms with E-state index in [1.54, 1.807) is 0 Å². The van der Waals surface area contributed by atoms with Crippen molar-refractivity contribution < 1.29 is 4.79 Å². The van der Waals surface area contributed by atoms with E-state index in [9.17, 15) is 4.79 Å². The highest BCUT2D eigenvalue weighted by molar-refractivity contribution is 6.73. The number of rotatable bonds is 5. The second-order valence-electron chi connectivity index (χ2n) is 5.44. The quantitative estimate of drug-likeness (QED) is 0.589. The molecule has 0 saturated heterocycles. The number of hydrogen-bond donors (Lipinski definition) is 0. The molecule has 0 spiro atoms. The minimum absolute atomic E-state index is 0.0177. The molecule has 0 aliphatic heterocycles. The van der Waals surface area contributed by atoms with Crippen molar-refractivity contribution in [1.82, 2.24) is 4.57 Å². The van der Waals surface area contributed by atoms with Gasteiger partial charge in [0.1, 0.15) is 8.24 Å². The Balaban J connectivity index is 2.93. The molecule has 94 valence electrons. The van der Waals surface area contributed by atoms with Gasteiger partial charge in [0, 0.05) is 5.56 Å². The van der Waals surface area contributed by atoms with Gasteiger partial charge in [0.05, 0.1) is 6.04 Å². The summed E-state index contributed by atoms with van der Waals surface area (Å²) in [6, 6.07) is 9.62. The van der Waals surface area contributed by atoms with Crippen molar-refractivity contribution in [3.8, 4) is 0 Å². The molecule has 0 fully saturated rings. The number of benzene rings is 1. The van der Waals surface area contributed by atoms with E-state index >= 15 is 0 Å². The molecule has 17 heavy (non-hydrogen) atoms. The second kappa shape index (κ2) is 5.60. The standard InChI is InChI=1S/C14H23NOSi/c1-6-13(15(2)17(3,4)5)14(16)12-10-8-7-9-11-12/h7-11,13H,6H2,1-5H3. The number of ketones is 1. The Labute approximate surface area is 106 Å². The normalized spacial score (nSPS) is 13.8.